The van der Waals surface area contributed by atoms with Crippen LogP contribution in [0.5, 0.6) is 5.75 Å². The summed E-state index contributed by atoms with van der Waals surface area (Å²) >= 11 is 0. The maximum absolute atomic E-state index is 14.0. The van der Waals surface area contributed by atoms with Crippen LogP contribution >= 0.6 is 0 Å². The zero-order valence-corrected chi connectivity index (χ0v) is 28.0. The minimum Gasteiger partial charge on any atom is -0.482 e. The number of aliphatic hydroxyl groups excluding tert-OH is 2. The van der Waals surface area contributed by atoms with Crippen molar-refractivity contribution in [2.75, 3.05) is 20.3 Å². The second-order valence-corrected chi connectivity index (χ2v) is 12.7. The van der Waals surface area contributed by atoms with E-state index in [-0.39, 0.29) is 48.5 Å². The average Bonchev–Trinajstić information content (AvgIpc) is 3.03. The summed E-state index contributed by atoms with van der Waals surface area (Å²) in [4.78, 5) is 40.4. The van der Waals surface area contributed by atoms with Crippen LogP contribution in [0.2, 0.25) is 0 Å². The first-order valence-electron chi connectivity index (χ1n) is 16.1. The van der Waals surface area contributed by atoms with Crippen molar-refractivity contribution in [3.63, 3.8) is 0 Å². The summed E-state index contributed by atoms with van der Waals surface area (Å²) in [6.07, 6.45) is -0.589. The van der Waals surface area contributed by atoms with E-state index >= 15 is 0 Å². The molecule has 4 atom stereocenters. The monoisotopic (exact) mass is 658 g/mol. The molecule has 254 valence electrons. The molecule has 10 nitrogen and oxygen atoms in total. The normalized spacial score (nSPS) is 21.4. The van der Waals surface area contributed by atoms with E-state index in [2.05, 4.69) is 17.9 Å². The third kappa shape index (κ3) is 7.04. The fourth-order valence-electron chi connectivity index (χ4n) is 6.67. The summed E-state index contributed by atoms with van der Waals surface area (Å²) in [5.74, 6) is 4.87. The van der Waals surface area contributed by atoms with Crippen molar-refractivity contribution in [1.29, 1.82) is 0 Å². The standard InChI is InChI=1S/C38H42O10/c1-22(2)27-13-12-25-11-8-10-24(19-25)9-6-7-17-38(4)35(47-36(27)42)34(45-23(3)41)32-30(48-38)15-14-28-29(20-40)31(37(43)46-33(28)32)26(16-18-39)21-44-5/h8,10-11,14-15,19,26,34-35,39-40H,9,12-13,16-18,20-21H2,1-5H3/t26-,34-,35+,38-/m1/s1. The van der Waals surface area contributed by atoms with E-state index in [1.54, 1.807) is 19.1 Å². The molecule has 1 aromatic heterocycles. The molecular formula is C38H42O10. The van der Waals surface area contributed by atoms with Gasteiger partial charge in [0.25, 0.3) is 0 Å². The Bertz CT molecular complexity index is 1850. The lowest BCUT2D eigenvalue weighted by atomic mass is 9.83. The maximum atomic E-state index is 14.0. The minimum atomic E-state index is -1.28. The highest BCUT2D eigenvalue weighted by atomic mass is 16.6. The number of benzene rings is 2. The van der Waals surface area contributed by atoms with Crippen molar-refractivity contribution in [2.45, 2.75) is 90.1 Å². The number of rotatable bonds is 7. The van der Waals surface area contributed by atoms with E-state index in [1.807, 2.05) is 32.0 Å². The summed E-state index contributed by atoms with van der Waals surface area (Å²) in [7, 11) is 1.48. The van der Waals surface area contributed by atoms with E-state index in [4.69, 9.17) is 23.4 Å². The van der Waals surface area contributed by atoms with E-state index in [1.165, 1.54) is 14.0 Å². The van der Waals surface area contributed by atoms with Crippen molar-refractivity contribution in [3.05, 3.63) is 85.8 Å². The summed E-state index contributed by atoms with van der Waals surface area (Å²) in [5, 5.41) is 20.6. The molecule has 2 bridgehead atoms. The molecule has 0 amide bonds. The van der Waals surface area contributed by atoms with Gasteiger partial charge in [0, 0.05) is 49.5 Å². The Balaban J connectivity index is 1.72. The van der Waals surface area contributed by atoms with E-state index in [9.17, 15) is 24.6 Å². The first kappa shape index (κ1) is 34.9. The van der Waals surface area contributed by atoms with Gasteiger partial charge in [0.1, 0.15) is 11.3 Å². The Morgan fingerprint density at radius 1 is 1.08 bits per heavy atom. The Kier molecular flexibility index (Phi) is 10.7. The van der Waals surface area contributed by atoms with Gasteiger partial charge in [-0.3, -0.25) is 4.79 Å². The largest absolute Gasteiger partial charge is 0.482 e. The van der Waals surface area contributed by atoms with Crippen LogP contribution in [0.25, 0.3) is 11.0 Å². The van der Waals surface area contributed by atoms with Crippen molar-refractivity contribution in [3.8, 4) is 17.6 Å². The molecule has 5 rings (SSSR count). The van der Waals surface area contributed by atoms with Gasteiger partial charge < -0.3 is 33.6 Å². The van der Waals surface area contributed by atoms with Gasteiger partial charge in [-0.1, -0.05) is 41.7 Å². The van der Waals surface area contributed by atoms with Gasteiger partial charge in [-0.05, 0) is 68.9 Å². The molecule has 0 fully saturated rings. The number of esters is 2. The summed E-state index contributed by atoms with van der Waals surface area (Å²) in [6, 6.07) is 11.4. The molecule has 0 radical (unpaired) electrons. The Morgan fingerprint density at radius 3 is 2.54 bits per heavy atom. The number of carbonyl (C=O) groups excluding carboxylic acids is 2. The summed E-state index contributed by atoms with van der Waals surface area (Å²) < 4.78 is 30.1. The molecule has 2 N–H and O–H groups in total. The fourth-order valence-corrected chi connectivity index (χ4v) is 6.67. The van der Waals surface area contributed by atoms with Gasteiger partial charge in [0.2, 0.25) is 0 Å². The van der Waals surface area contributed by atoms with Crippen molar-refractivity contribution < 1.29 is 43.2 Å². The quantitative estimate of drug-likeness (QED) is 0.154. The van der Waals surface area contributed by atoms with Crippen molar-refractivity contribution >= 4 is 22.9 Å². The molecule has 10 heteroatoms. The molecule has 2 aromatic carbocycles. The second-order valence-electron chi connectivity index (χ2n) is 12.7. The lowest BCUT2D eigenvalue weighted by molar-refractivity contribution is -0.188. The zero-order chi connectivity index (χ0) is 34.6. The van der Waals surface area contributed by atoms with Gasteiger partial charge >= 0.3 is 17.6 Å². The van der Waals surface area contributed by atoms with Gasteiger partial charge in [0.05, 0.1) is 25.2 Å². The molecular weight excluding hydrogens is 616 g/mol. The summed E-state index contributed by atoms with van der Waals surface area (Å²) in [6.45, 7) is 6.08. The van der Waals surface area contributed by atoms with Crippen molar-refractivity contribution in [1.82, 2.24) is 0 Å². The summed E-state index contributed by atoms with van der Waals surface area (Å²) in [5.41, 5.74) is 2.08. The highest BCUT2D eigenvalue weighted by Crippen LogP contribution is 2.48. The van der Waals surface area contributed by atoms with Gasteiger partial charge in [-0.15, -0.1) is 0 Å². The third-order valence-corrected chi connectivity index (χ3v) is 9.03. The molecule has 0 saturated heterocycles. The molecule has 3 aromatic rings. The van der Waals surface area contributed by atoms with Crippen LogP contribution in [0.1, 0.15) is 86.8 Å². The van der Waals surface area contributed by atoms with E-state index < -0.39 is 47.9 Å². The first-order chi connectivity index (χ1) is 23.0. The number of carbonyl (C=O) groups is 2. The third-order valence-electron chi connectivity index (χ3n) is 9.03. The number of hydrogen-bond acceptors (Lipinski definition) is 10. The molecule has 0 aliphatic carbocycles. The molecule has 2 aliphatic heterocycles. The molecule has 0 spiro atoms. The molecule has 3 heterocycles. The number of hydrogen-bond donors (Lipinski definition) is 2. The average molecular weight is 659 g/mol. The van der Waals surface area contributed by atoms with E-state index in [0.29, 0.717) is 35.8 Å². The first-order valence-corrected chi connectivity index (χ1v) is 16.1. The van der Waals surface area contributed by atoms with Crippen molar-refractivity contribution in [2.24, 2.45) is 0 Å². The predicted octanol–water partition coefficient (Wildman–Crippen LogP) is 4.98. The van der Waals surface area contributed by atoms with Crippen LogP contribution in [-0.2, 0) is 43.2 Å². The van der Waals surface area contributed by atoms with Gasteiger partial charge in [-0.25, -0.2) is 9.59 Å². The Morgan fingerprint density at radius 2 is 1.85 bits per heavy atom. The Hall–Kier alpha value is -4.43. The zero-order valence-electron chi connectivity index (χ0n) is 28.0. The lowest BCUT2D eigenvalue weighted by Crippen LogP contribution is -2.54. The maximum Gasteiger partial charge on any atom is 0.340 e. The minimum absolute atomic E-state index is 0.0289. The van der Waals surface area contributed by atoms with Gasteiger partial charge in [-0.2, -0.15) is 0 Å². The molecule has 48 heavy (non-hydrogen) atoms. The van der Waals surface area contributed by atoms with Crippen LogP contribution < -0.4 is 10.4 Å². The smallest absolute Gasteiger partial charge is 0.340 e. The molecule has 2 aliphatic rings. The van der Waals surface area contributed by atoms with Crippen LogP contribution in [0.15, 0.2) is 56.8 Å². The highest BCUT2D eigenvalue weighted by molar-refractivity contribution is 5.90. The number of fused-ring (bicyclic) bond motifs is 6. The molecule has 0 saturated carbocycles. The second kappa shape index (κ2) is 14.8. The number of aryl methyl sites for hydroxylation is 1. The van der Waals surface area contributed by atoms with E-state index in [0.717, 1.165) is 16.7 Å². The lowest BCUT2D eigenvalue weighted by Gasteiger charge is -2.44. The van der Waals surface area contributed by atoms with Crippen LogP contribution in [-0.4, -0.2) is 54.2 Å². The number of methoxy groups -OCH3 is 1. The fraction of sp³-hybridized carbons (Fsp3) is 0.447. The highest BCUT2D eigenvalue weighted by Gasteiger charge is 2.52. The Labute approximate surface area is 279 Å². The number of allylic oxidation sites excluding steroid dienone is 1. The topological polar surface area (TPSA) is 142 Å². The molecule has 0 unspecified atom stereocenters. The SMILES string of the molecule is COC[C@@H](CCO)c1c(CO)c2ccc3c(c2oc1=O)[C@@H](OC(C)=O)[C@@H]1OC(=O)C(=C(C)C)CCc2cccc(c2)CC#CC[C@@]1(C)O3. The van der Waals surface area contributed by atoms with Gasteiger partial charge in [0.15, 0.2) is 17.8 Å². The van der Waals surface area contributed by atoms with Crippen LogP contribution in [0, 0.1) is 11.8 Å². The predicted molar refractivity (Wildman–Crippen MR) is 177 cm³/mol. The van der Waals surface area contributed by atoms with Crippen LogP contribution in [0.3, 0.4) is 0 Å². The number of ether oxygens (including phenoxy) is 4. The van der Waals surface area contributed by atoms with Crippen LogP contribution in [0.4, 0.5) is 0 Å². The number of aliphatic hydroxyl groups is 2.